The van der Waals surface area contributed by atoms with Gasteiger partial charge in [-0.1, -0.05) is 24.3 Å². The van der Waals surface area contributed by atoms with E-state index in [0.29, 0.717) is 13.2 Å². The smallest absolute Gasteiger partial charge is 0.319 e. The van der Waals surface area contributed by atoms with Crippen LogP contribution in [-0.2, 0) is 0 Å². The maximum Gasteiger partial charge on any atom is 0.319 e. The molecule has 0 bridgehead atoms. The Kier molecular flexibility index (Phi) is 5.63. The Bertz CT molecular complexity index is 696. The normalized spacial score (nSPS) is 10.3. The van der Waals surface area contributed by atoms with E-state index in [4.69, 9.17) is 4.74 Å². The van der Waals surface area contributed by atoms with Gasteiger partial charge >= 0.3 is 6.03 Å². The van der Waals surface area contributed by atoms with Crippen LogP contribution in [0, 0.1) is 27.7 Å². The third-order valence-electron chi connectivity index (χ3n) is 4.05. The summed E-state index contributed by atoms with van der Waals surface area (Å²) in [6.45, 7) is 8.99. The first-order valence-corrected chi connectivity index (χ1v) is 7.79. The highest BCUT2D eigenvalue weighted by Gasteiger charge is 2.06. The van der Waals surface area contributed by atoms with Crippen LogP contribution in [0.25, 0.3) is 0 Å². The molecule has 4 heteroatoms. The number of carbonyl (C=O) groups is 1. The SMILES string of the molecule is Cc1cccc(NC(=O)NCCOc2cccc(C)c2C)c1C. The predicted molar refractivity (Wildman–Crippen MR) is 94.3 cm³/mol. The summed E-state index contributed by atoms with van der Waals surface area (Å²) in [4.78, 5) is 11.9. The van der Waals surface area contributed by atoms with Gasteiger partial charge in [0, 0.05) is 5.69 Å². The summed E-state index contributed by atoms with van der Waals surface area (Å²) >= 11 is 0. The number of hydrogen-bond donors (Lipinski definition) is 2. The number of nitrogens with one attached hydrogen (secondary N) is 2. The first kappa shape index (κ1) is 16.9. The fourth-order valence-corrected chi connectivity index (χ4v) is 2.26. The minimum absolute atomic E-state index is 0.219. The summed E-state index contributed by atoms with van der Waals surface area (Å²) in [6.07, 6.45) is 0. The van der Waals surface area contributed by atoms with Crippen molar-refractivity contribution in [2.45, 2.75) is 27.7 Å². The van der Waals surface area contributed by atoms with Gasteiger partial charge in [0.15, 0.2) is 0 Å². The Morgan fingerprint density at radius 1 is 0.957 bits per heavy atom. The molecule has 0 aliphatic carbocycles. The van der Waals surface area contributed by atoms with Gasteiger partial charge in [0.2, 0.25) is 0 Å². The Labute approximate surface area is 137 Å². The van der Waals surface area contributed by atoms with Crippen LogP contribution < -0.4 is 15.4 Å². The van der Waals surface area contributed by atoms with E-state index in [1.54, 1.807) is 0 Å². The number of ether oxygens (including phenoxy) is 1. The molecule has 0 spiro atoms. The molecule has 0 heterocycles. The molecule has 0 saturated heterocycles. The van der Waals surface area contributed by atoms with Gasteiger partial charge in [0.1, 0.15) is 12.4 Å². The molecule has 2 amide bonds. The van der Waals surface area contributed by atoms with Crippen molar-refractivity contribution in [2.75, 3.05) is 18.5 Å². The zero-order valence-corrected chi connectivity index (χ0v) is 14.2. The molecule has 0 aliphatic heterocycles. The van der Waals surface area contributed by atoms with Crippen molar-refractivity contribution in [1.29, 1.82) is 0 Å². The third-order valence-corrected chi connectivity index (χ3v) is 4.05. The molecule has 2 rings (SSSR count). The highest BCUT2D eigenvalue weighted by molar-refractivity contribution is 5.90. The molecule has 2 aromatic carbocycles. The fourth-order valence-electron chi connectivity index (χ4n) is 2.26. The highest BCUT2D eigenvalue weighted by atomic mass is 16.5. The molecule has 122 valence electrons. The Hall–Kier alpha value is -2.49. The molecular weight excluding hydrogens is 288 g/mol. The van der Waals surface area contributed by atoms with E-state index in [9.17, 15) is 4.79 Å². The summed E-state index contributed by atoms with van der Waals surface area (Å²) in [6, 6.07) is 11.6. The van der Waals surface area contributed by atoms with Crippen molar-refractivity contribution in [3.63, 3.8) is 0 Å². The number of aryl methyl sites for hydroxylation is 2. The van der Waals surface area contributed by atoms with Crippen molar-refractivity contribution in [3.05, 3.63) is 58.7 Å². The van der Waals surface area contributed by atoms with Gasteiger partial charge in [-0.05, 0) is 62.1 Å². The van der Waals surface area contributed by atoms with E-state index >= 15 is 0 Å². The van der Waals surface area contributed by atoms with Gasteiger partial charge < -0.3 is 15.4 Å². The third kappa shape index (κ3) is 4.49. The van der Waals surface area contributed by atoms with Crippen LogP contribution in [0.3, 0.4) is 0 Å². The molecule has 23 heavy (non-hydrogen) atoms. The maximum atomic E-state index is 11.9. The predicted octanol–water partition coefficient (Wildman–Crippen LogP) is 4.12. The van der Waals surface area contributed by atoms with Gasteiger partial charge in [-0.25, -0.2) is 4.79 Å². The second-order valence-corrected chi connectivity index (χ2v) is 5.67. The molecule has 0 unspecified atom stereocenters. The lowest BCUT2D eigenvalue weighted by molar-refractivity contribution is 0.247. The molecule has 2 aromatic rings. The molecule has 2 N–H and O–H groups in total. The zero-order chi connectivity index (χ0) is 16.8. The molecule has 0 aromatic heterocycles. The molecule has 0 atom stereocenters. The molecule has 4 nitrogen and oxygen atoms in total. The highest BCUT2D eigenvalue weighted by Crippen LogP contribution is 2.20. The topological polar surface area (TPSA) is 50.4 Å². The summed E-state index contributed by atoms with van der Waals surface area (Å²) in [5, 5.41) is 5.67. The monoisotopic (exact) mass is 312 g/mol. The summed E-state index contributed by atoms with van der Waals surface area (Å²) in [5.41, 5.74) is 5.39. The van der Waals surface area contributed by atoms with Crippen molar-refractivity contribution < 1.29 is 9.53 Å². The van der Waals surface area contributed by atoms with Crippen molar-refractivity contribution >= 4 is 11.7 Å². The van der Waals surface area contributed by atoms with Crippen LogP contribution in [-0.4, -0.2) is 19.2 Å². The minimum atomic E-state index is -0.219. The van der Waals surface area contributed by atoms with Crippen LogP contribution in [0.4, 0.5) is 10.5 Å². The Balaban J connectivity index is 1.79. The molecular formula is C19H24N2O2. The van der Waals surface area contributed by atoms with Crippen LogP contribution in [0.15, 0.2) is 36.4 Å². The van der Waals surface area contributed by atoms with E-state index in [1.807, 2.05) is 51.1 Å². The number of anilines is 1. The van der Waals surface area contributed by atoms with E-state index in [1.165, 1.54) is 5.56 Å². The number of benzene rings is 2. The van der Waals surface area contributed by atoms with E-state index in [2.05, 4.69) is 23.6 Å². The van der Waals surface area contributed by atoms with E-state index in [-0.39, 0.29) is 6.03 Å². The van der Waals surface area contributed by atoms with E-state index in [0.717, 1.165) is 28.1 Å². The Morgan fingerprint density at radius 3 is 2.35 bits per heavy atom. The molecule has 0 saturated carbocycles. The number of carbonyl (C=O) groups excluding carboxylic acids is 1. The molecule has 0 fully saturated rings. The van der Waals surface area contributed by atoms with Crippen LogP contribution in [0.2, 0.25) is 0 Å². The van der Waals surface area contributed by atoms with Crippen LogP contribution >= 0.6 is 0 Å². The summed E-state index contributed by atoms with van der Waals surface area (Å²) < 4.78 is 5.72. The lowest BCUT2D eigenvalue weighted by Gasteiger charge is -2.13. The van der Waals surface area contributed by atoms with Gasteiger partial charge in [-0.3, -0.25) is 0 Å². The second kappa shape index (κ2) is 7.68. The number of urea groups is 1. The number of rotatable bonds is 5. The first-order valence-electron chi connectivity index (χ1n) is 7.79. The van der Waals surface area contributed by atoms with Gasteiger partial charge in [-0.15, -0.1) is 0 Å². The maximum absolute atomic E-state index is 11.9. The van der Waals surface area contributed by atoms with Crippen LogP contribution in [0.5, 0.6) is 5.75 Å². The van der Waals surface area contributed by atoms with Gasteiger partial charge in [-0.2, -0.15) is 0 Å². The van der Waals surface area contributed by atoms with Crippen molar-refractivity contribution in [1.82, 2.24) is 5.32 Å². The standard InChI is InChI=1S/C19H24N2O2/c1-13-7-5-9-17(15(13)3)21-19(22)20-11-12-23-18-10-6-8-14(2)16(18)4/h5-10H,11-12H2,1-4H3,(H2,20,21,22). The van der Waals surface area contributed by atoms with E-state index < -0.39 is 0 Å². The van der Waals surface area contributed by atoms with Crippen molar-refractivity contribution in [3.8, 4) is 5.75 Å². The minimum Gasteiger partial charge on any atom is -0.491 e. The zero-order valence-electron chi connectivity index (χ0n) is 14.2. The van der Waals surface area contributed by atoms with Gasteiger partial charge in [0.25, 0.3) is 0 Å². The van der Waals surface area contributed by atoms with Gasteiger partial charge in [0.05, 0.1) is 6.54 Å². The molecule has 0 aliphatic rings. The van der Waals surface area contributed by atoms with Crippen molar-refractivity contribution in [2.24, 2.45) is 0 Å². The fraction of sp³-hybridized carbons (Fsp3) is 0.316. The molecule has 0 radical (unpaired) electrons. The average Bonchev–Trinajstić information content (AvgIpc) is 2.52. The lowest BCUT2D eigenvalue weighted by Crippen LogP contribution is -2.32. The van der Waals surface area contributed by atoms with Crippen LogP contribution in [0.1, 0.15) is 22.3 Å². The lowest BCUT2D eigenvalue weighted by atomic mass is 10.1. The average molecular weight is 312 g/mol. The summed E-state index contributed by atoms with van der Waals surface area (Å²) in [7, 11) is 0. The Morgan fingerprint density at radius 2 is 1.61 bits per heavy atom. The number of amides is 2. The summed E-state index contributed by atoms with van der Waals surface area (Å²) in [5.74, 6) is 0.863. The largest absolute Gasteiger partial charge is 0.491 e. The first-order chi connectivity index (χ1) is 11.0. The number of hydrogen-bond acceptors (Lipinski definition) is 2. The quantitative estimate of drug-likeness (QED) is 0.816. The second-order valence-electron chi connectivity index (χ2n) is 5.67.